The molecule has 27 heavy (non-hydrogen) atoms. The topological polar surface area (TPSA) is 72.7 Å². The van der Waals surface area contributed by atoms with E-state index in [0.29, 0.717) is 12.3 Å². The molecule has 0 radical (unpaired) electrons. The van der Waals surface area contributed by atoms with Crippen molar-refractivity contribution in [3.63, 3.8) is 0 Å². The molecule has 0 bridgehead atoms. The average Bonchev–Trinajstić information content (AvgIpc) is 3.20. The molecule has 0 atom stereocenters. The molecular formula is C19H23N5OS2. The lowest BCUT2D eigenvalue weighted by Crippen LogP contribution is -2.15. The second-order valence-electron chi connectivity index (χ2n) is 6.78. The standard InChI is InChI=1S/C19H23N5OS2/c1-12(2)10-24-14(4)17(13(3)23-24)9-18(25)21-15-5-7-16(8-6-15)27-19-22-20-11-26-19/h5-8,11-12H,9-10H2,1-4H3,(H,21,25). The molecule has 0 unspecified atom stereocenters. The second kappa shape index (κ2) is 8.67. The van der Waals surface area contributed by atoms with E-state index in [1.807, 2.05) is 42.8 Å². The maximum Gasteiger partial charge on any atom is 0.228 e. The first kappa shape index (κ1) is 19.6. The zero-order chi connectivity index (χ0) is 19.4. The van der Waals surface area contributed by atoms with Gasteiger partial charge in [0.15, 0.2) is 4.34 Å². The highest BCUT2D eigenvalue weighted by molar-refractivity contribution is 8.01. The van der Waals surface area contributed by atoms with Crippen LogP contribution in [-0.4, -0.2) is 25.9 Å². The Bertz CT molecular complexity index is 901. The Balaban J connectivity index is 1.61. The largest absolute Gasteiger partial charge is 0.326 e. The summed E-state index contributed by atoms with van der Waals surface area (Å²) in [7, 11) is 0. The minimum Gasteiger partial charge on any atom is -0.326 e. The molecule has 142 valence electrons. The Kier molecular flexibility index (Phi) is 6.28. The molecule has 8 heteroatoms. The van der Waals surface area contributed by atoms with Crippen molar-refractivity contribution in [3.05, 3.63) is 46.7 Å². The molecule has 2 heterocycles. The third kappa shape index (κ3) is 5.17. The van der Waals surface area contributed by atoms with Crippen molar-refractivity contribution in [2.75, 3.05) is 5.32 Å². The van der Waals surface area contributed by atoms with Crippen molar-refractivity contribution >= 4 is 34.7 Å². The van der Waals surface area contributed by atoms with Crippen molar-refractivity contribution in [2.45, 2.75) is 49.9 Å². The van der Waals surface area contributed by atoms with E-state index in [1.165, 1.54) is 11.3 Å². The highest BCUT2D eigenvalue weighted by atomic mass is 32.2. The summed E-state index contributed by atoms with van der Waals surface area (Å²) in [5.41, 5.74) is 5.50. The first-order valence-corrected chi connectivity index (χ1v) is 10.5. The summed E-state index contributed by atoms with van der Waals surface area (Å²) in [6.07, 6.45) is 0.330. The Morgan fingerprint density at radius 2 is 2.00 bits per heavy atom. The highest BCUT2D eigenvalue weighted by Crippen LogP contribution is 2.29. The van der Waals surface area contributed by atoms with Crippen LogP contribution in [0, 0.1) is 19.8 Å². The molecule has 2 aromatic heterocycles. The molecular weight excluding hydrogens is 378 g/mol. The maximum absolute atomic E-state index is 12.5. The van der Waals surface area contributed by atoms with E-state index < -0.39 is 0 Å². The Morgan fingerprint density at radius 3 is 2.63 bits per heavy atom. The molecule has 0 fully saturated rings. The molecule has 1 aromatic carbocycles. The number of hydrogen-bond donors (Lipinski definition) is 1. The molecule has 0 saturated heterocycles. The number of aryl methyl sites for hydroxylation is 1. The summed E-state index contributed by atoms with van der Waals surface area (Å²) in [4.78, 5) is 13.6. The van der Waals surface area contributed by atoms with E-state index in [-0.39, 0.29) is 5.91 Å². The molecule has 6 nitrogen and oxygen atoms in total. The van der Waals surface area contributed by atoms with E-state index in [0.717, 1.165) is 38.4 Å². The van der Waals surface area contributed by atoms with Gasteiger partial charge in [0.2, 0.25) is 5.91 Å². The Labute approximate surface area is 167 Å². The molecule has 1 amide bonds. The van der Waals surface area contributed by atoms with Crippen LogP contribution in [0.15, 0.2) is 39.0 Å². The summed E-state index contributed by atoms with van der Waals surface area (Å²) in [5, 5.41) is 15.4. The van der Waals surface area contributed by atoms with Crippen LogP contribution in [0.4, 0.5) is 5.69 Å². The summed E-state index contributed by atoms with van der Waals surface area (Å²) in [6, 6.07) is 7.75. The minimum absolute atomic E-state index is 0.0326. The van der Waals surface area contributed by atoms with Crippen LogP contribution in [0.3, 0.4) is 0 Å². The molecule has 0 aliphatic carbocycles. The van der Waals surface area contributed by atoms with E-state index in [1.54, 1.807) is 17.3 Å². The van der Waals surface area contributed by atoms with E-state index in [2.05, 4.69) is 34.5 Å². The number of rotatable bonds is 7. The molecule has 0 aliphatic heterocycles. The summed E-state index contributed by atoms with van der Waals surface area (Å²) in [6.45, 7) is 9.18. The van der Waals surface area contributed by atoms with Gasteiger partial charge < -0.3 is 5.32 Å². The van der Waals surface area contributed by atoms with Crippen LogP contribution < -0.4 is 5.32 Å². The predicted octanol–water partition coefficient (Wildman–Crippen LogP) is 4.34. The van der Waals surface area contributed by atoms with E-state index in [4.69, 9.17) is 0 Å². The lowest BCUT2D eigenvalue weighted by atomic mass is 10.1. The van der Waals surface area contributed by atoms with E-state index in [9.17, 15) is 4.79 Å². The van der Waals surface area contributed by atoms with Gasteiger partial charge in [-0.25, -0.2) is 0 Å². The lowest BCUT2D eigenvalue weighted by Gasteiger charge is -2.09. The van der Waals surface area contributed by atoms with Gasteiger partial charge in [0, 0.05) is 28.4 Å². The molecule has 3 aromatic rings. The maximum atomic E-state index is 12.5. The normalized spacial score (nSPS) is 11.1. The Hall–Kier alpha value is -2.19. The number of aromatic nitrogens is 4. The van der Waals surface area contributed by atoms with Crippen LogP contribution >= 0.6 is 23.1 Å². The number of anilines is 1. The lowest BCUT2D eigenvalue weighted by molar-refractivity contribution is -0.115. The number of hydrogen-bond acceptors (Lipinski definition) is 6. The molecule has 3 rings (SSSR count). The first-order chi connectivity index (χ1) is 12.9. The molecule has 0 saturated carbocycles. The zero-order valence-corrected chi connectivity index (χ0v) is 17.5. The molecule has 1 N–H and O–H groups in total. The number of carbonyl (C=O) groups is 1. The number of nitrogens with one attached hydrogen (secondary N) is 1. The van der Waals surface area contributed by atoms with Gasteiger partial charge in [-0.3, -0.25) is 9.48 Å². The van der Waals surface area contributed by atoms with Gasteiger partial charge in [-0.1, -0.05) is 36.9 Å². The first-order valence-electron chi connectivity index (χ1n) is 8.79. The predicted molar refractivity (Wildman–Crippen MR) is 109 cm³/mol. The quantitative estimate of drug-likeness (QED) is 0.637. The van der Waals surface area contributed by atoms with Gasteiger partial charge in [0.25, 0.3) is 0 Å². The van der Waals surface area contributed by atoms with Gasteiger partial charge >= 0.3 is 0 Å². The van der Waals surface area contributed by atoms with Crippen molar-refractivity contribution in [2.24, 2.45) is 5.92 Å². The highest BCUT2D eigenvalue weighted by Gasteiger charge is 2.15. The fourth-order valence-electron chi connectivity index (χ4n) is 2.79. The van der Waals surface area contributed by atoms with Gasteiger partial charge in [-0.05, 0) is 44.0 Å². The SMILES string of the molecule is Cc1nn(CC(C)C)c(C)c1CC(=O)Nc1ccc(Sc2nncs2)cc1. The average molecular weight is 402 g/mol. The monoisotopic (exact) mass is 401 g/mol. The van der Waals surface area contributed by atoms with Gasteiger partial charge in [-0.2, -0.15) is 5.10 Å². The molecule has 0 spiro atoms. The Morgan fingerprint density at radius 1 is 1.26 bits per heavy atom. The van der Waals surface area contributed by atoms with Crippen LogP contribution in [0.1, 0.15) is 30.8 Å². The third-order valence-electron chi connectivity index (χ3n) is 4.09. The van der Waals surface area contributed by atoms with Crippen molar-refractivity contribution in [1.29, 1.82) is 0 Å². The fraction of sp³-hybridized carbons (Fsp3) is 0.368. The zero-order valence-electron chi connectivity index (χ0n) is 15.9. The van der Waals surface area contributed by atoms with Crippen LogP contribution in [0.2, 0.25) is 0 Å². The molecule has 0 aliphatic rings. The van der Waals surface area contributed by atoms with Crippen LogP contribution in [-0.2, 0) is 17.8 Å². The number of amides is 1. The fourth-order valence-corrected chi connectivity index (χ4v) is 4.24. The van der Waals surface area contributed by atoms with Crippen molar-refractivity contribution in [3.8, 4) is 0 Å². The number of nitrogens with zero attached hydrogens (tertiary/aromatic N) is 4. The number of benzene rings is 1. The van der Waals surface area contributed by atoms with Gasteiger partial charge in [-0.15, -0.1) is 10.2 Å². The summed E-state index contributed by atoms with van der Waals surface area (Å²) in [5.74, 6) is 0.482. The van der Waals surface area contributed by atoms with Crippen molar-refractivity contribution in [1.82, 2.24) is 20.0 Å². The second-order valence-corrected chi connectivity index (χ2v) is 8.94. The summed E-state index contributed by atoms with van der Waals surface area (Å²) < 4.78 is 2.90. The smallest absolute Gasteiger partial charge is 0.228 e. The van der Waals surface area contributed by atoms with E-state index >= 15 is 0 Å². The van der Waals surface area contributed by atoms with Gasteiger partial charge in [0.1, 0.15) is 5.51 Å². The van der Waals surface area contributed by atoms with Crippen molar-refractivity contribution < 1.29 is 4.79 Å². The van der Waals surface area contributed by atoms with Crippen LogP contribution in [0.5, 0.6) is 0 Å². The van der Waals surface area contributed by atoms with Crippen LogP contribution in [0.25, 0.3) is 0 Å². The minimum atomic E-state index is -0.0326. The third-order valence-corrected chi connectivity index (χ3v) is 5.88. The number of carbonyl (C=O) groups excluding carboxylic acids is 1. The summed E-state index contributed by atoms with van der Waals surface area (Å²) >= 11 is 3.06. The van der Waals surface area contributed by atoms with Gasteiger partial charge in [0.05, 0.1) is 12.1 Å².